The molecule has 0 amide bonds. The highest BCUT2D eigenvalue weighted by molar-refractivity contribution is 5.71. The van der Waals surface area contributed by atoms with E-state index < -0.39 is 6.10 Å². The van der Waals surface area contributed by atoms with E-state index in [2.05, 4.69) is 34.6 Å². The third kappa shape index (κ3) is 40.6. The smallest absolute Gasteiger partial charge is 0.306 e. The van der Waals surface area contributed by atoms with Gasteiger partial charge in [0.2, 0.25) is 0 Å². The van der Waals surface area contributed by atoms with E-state index in [-0.39, 0.29) is 31.1 Å². The van der Waals surface area contributed by atoms with E-state index in [1.54, 1.807) is 0 Å². The Bertz CT molecular complexity index is 858. The summed E-state index contributed by atoms with van der Waals surface area (Å²) in [6.45, 7) is 11.3. The molecule has 0 saturated heterocycles. The fourth-order valence-corrected chi connectivity index (χ4v) is 7.39. The number of carbonyl (C=O) groups is 3. The number of ether oxygens (including phenoxy) is 3. The number of rotatable bonds is 44. The molecule has 6 heteroatoms. The van der Waals surface area contributed by atoms with Crippen LogP contribution in [0, 0.1) is 11.8 Å². The van der Waals surface area contributed by atoms with Crippen LogP contribution in [-0.4, -0.2) is 37.2 Å². The van der Waals surface area contributed by atoms with Crippen molar-refractivity contribution in [2.24, 2.45) is 11.8 Å². The molecule has 3 atom stereocenters. The Morgan fingerprint density at radius 3 is 0.929 bits per heavy atom. The third-order valence-corrected chi connectivity index (χ3v) is 11.9. The maximum atomic E-state index is 12.7. The van der Waals surface area contributed by atoms with Gasteiger partial charge in [-0.15, -0.1) is 0 Å². The molecule has 0 N–H and O–H groups in total. The maximum Gasteiger partial charge on any atom is 0.306 e. The molecule has 0 fully saturated rings. The minimum Gasteiger partial charge on any atom is -0.462 e. The highest BCUT2D eigenvalue weighted by Crippen LogP contribution is 2.18. The highest BCUT2D eigenvalue weighted by Gasteiger charge is 2.19. The lowest BCUT2D eigenvalue weighted by Gasteiger charge is -2.18. The number of carbonyl (C=O) groups excluding carboxylic acids is 3. The van der Waals surface area contributed by atoms with Crippen LogP contribution in [0.2, 0.25) is 0 Å². The van der Waals surface area contributed by atoms with Gasteiger partial charge in [-0.05, 0) is 31.1 Å². The normalized spacial score (nSPS) is 13.0. The fraction of sp³-hybridized carbons (Fsp3) is 0.940. The first-order valence-electron chi connectivity index (χ1n) is 24.8. The summed E-state index contributed by atoms with van der Waals surface area (Å²) in [5, 5.41) is 0. The van der Waals surface area contributed by atoms with Crippen molar-refractivity contribution in [1.29, 1.82) is 0 Å². The van der Waals surface area contributed by atoms with Crippen molar-refractivity contribution >= 4 is 17.9 Å². The zero-order chi connectivity index (χ0) is 41.2. The van der Waals surface area contributed by atoms with Gasteiger partial charge in [-0.1, -0.05) is 234 Å². The van der Waals surface area contributed by atoms with E-state index in [4.69, 9.17) is 14.2 Å². The molecule has 0 aromatic heterocycles. The van der Waals surface area contributed by atoms with Crippen LogP contribution < -0.4 is 0 Å². The number of esters is 3. The Morgan fingerprint density at radius 1 is 0.357 bits per heavy atom. The summed E-state index contributed by atoms with van der Waals surface area (Å²) in [4.78, 5) is 37.8. The van der Waals surface area contributed by atoms with Crippen molar-refractivity contribution in [3.63, 3.8) is 0 Å². The zero-order valence-electron chi connectivity index (χ0n) is 38.3. The molecule has 0 aliphatic heterocycles. The molecule has 2 unspecified atom stereocenters. The molecule has 0 saturated carbocycles. The second kappa shape index (κ2) is 43.0. The Balaban J connectivity index is 4.30. The molecule has 0 spiro atoms. The van der Waals surface area contributed by atoms with E-state index in [9.17, 15) is 14.4 Å². The van der Waals surface area contributed by atoms with Gasteiger partial charge in [0.25, 0.3) is 0 Å². The Kier molecular flexibility index (Phi) is 41.8. The van der Waals surface area contributed by atoms with Crippen LogP contribution in [0.15, 0.2) is 0 Å². The maximum absolute atomic E-state index is 12.7. The van der Waals surface area contributed by atoms with Crippen LogP contribution in [0.1, 0.15) is 272 Å². The Labute approximate surface area is 348 Å². The lowest BCUT2D eigenvalue weighted by Crippen LogP contribution is -2.30. The standard InChI is InChI=1S/C50H96O6/c1-6-9-10-11-12-13-14-15-16-17-18-19-20-24-30-35-40-48(51)54-43-47(44-55-49(52)41-36-31-27-26-29-34-39-46(5)8-3)56-50(53)42-37-32-25-22-21-23-28-33-38-45(4)7-2/h45-47H,6-44H2,1-5H3/t45?,46?,47-/m1/s1. The molecule has 332 valence electrons. The Hall–Kier alpha value is -1.59. The van der Waals surface area contributed by atoms with Crippen LogP contribution in [0.25, 0.3) is 0 Å². The van der Waals surface area contributed by atoms with Gasteiger partial charge >= 0.3 is 17.9 Å². The lowest BCUT2D eigenvalue weighted by atomic mass is 9.99. The van der Waals surface area contributed by atoms with Crippen molar-refractivity contribution in [2.75, 3.05) is 13.2 Å². The van der Waals surface area contributed by atoms with Gasteiger partial charge in [0.05, 0.1) is 0 Å². The summed E-state index contributed by atoms with van der Waals surface area (Å²) >= 11 is 0. The first-order chi connectivity index (χ1) is 27.3. The van der Waals surface area contributed by atoms with Gasteiger partial charge in [0.15, 0.2) is 6.10 Å². The molecule has 0 bridgehead atoms. The second-order valence-corrected chi connectivity index (χ2v) is 17.6. The summed E-state index contributed by atoms with van der Waals surface area (Å²) in [5.74, 6) is 0.803. The largest absolute Gasteiger partial charge is 0.462 e. The predicted octanol–water partition coefficient (Wildman–Crippen LogP) is 15.8. The molecule has 0 aromatic rings. The molecule has 6 nitrogen and oxygen atoms in total. The van der Waals surface area contributed by atoms with E-state index in [1.807, 2.05) is 0 Å². The molecule has 0 radical (unpaired) electrons. The van der Waals surface area contributed by atoms with Gasteiger partial charge in [0.1, 0.15) is 13.2 Å². The first kappa shape index (κ1) is 54.4. The predicted molar refractivity (Wildman–Crippen MR) is 238 cm³/mol. The summed E-state index contributed by atoms with van der Waals surface area (Å²) in [6.07, 6.45) is 42.3. The molecule has 56 heavy (non-hydrogen) atoms. The first-order valence-corrected chi connectivity index (χ1v) is 24.8. The fourth-order valence-electron chi connectivity index (χ4n) is 7.39. The molecule has 0 rings (SSSR count). The summed E-state index contributed by atoms with van der Waals surface area (Å²) in [7, 11) is 0. The van der Waals surface area contributed by atoms with E-state index in [0.29, 0.717) is 19.3 Å². The molecule has 0 heterocycles. The van der Waals surface area contributed by atoms with Crippen LogP contribution >= 0.6 is 0 Å². The van der Waals surface area contributed by atoms with Crippen LogP contribution in [-0.2, 0) is 28.6 Å². The monoisotopic (exact) mass is 793 g/mol. The summed E-state index contributed by atoms with van der Waals surface area (Å²) in [5.41, 5.74) is 0. The summed E-state index contributed by atoms with van der Waals surface area (Å²) < 4.78 is 16.8. The Morgan fingerprint density at radius 2 is 0.625 bits per heavy atom. The highest BCUT2D eigenvalue weighted by atomic mass is 16.6. The van der Waals surface area contributed by atoms with Crippen molar-refractivity contribution < 1.29 is 28.6 Å². The van der Waals surface area contributed by atoms with Crippen LogP contribution in [0.5, 0.6) is 0 Å². The van der Waals surface area contributed by atoms with Crippen molar-refractivity contribution in [1.82, 2.24) is 0 Å². The topological polar surface area (TPSA) is 78.9 Å². The number of hydrogen-bond donors (Lipinski definition) is 0. The average Bonchev–Trinajstić information content (AvgIpc) is 3.19. The second-order valence-electron chi connectivity index (χ2n) is 17.6. The van der Waals surface area contributed by atoms with Gasteiger partial charge in [-0.25, -0.2) is 0 Å². The molecular formula is C50H96O6. The van der Waals surface area contributed by atoms with Crippen molar-refractivity contribution in [2.45, 2.75) is 278 Å². The molecule has 0 aliphatic rings. The van der Waals surface area contributed by atoms with E-state index >= 15 is 0 Å². The van der Waals surface area contributed by atoms with E-state index in [0.717, 1.165) is 69.6 Å². The minimum absolute atomic E-state index is 0.0651. The number of hydrogen-bond acceptors (Lipinski definition) is 6. The SMILES string of the molecule is CCCCCCCCCCCCCCCCCCC(=O)OC[C@H](COC(=O)CCCCCCCCC(C)CC)OC(=O)CCCCCCCCCCC(C)CC. The number of unbranched alkanes of at least 4 members (excludes halogenated alkanes) is 27. The lowest BCUT2D eigenvalue weighted by molar-refractivity contribution is -0.167. The van der Waals surface area contributed by atoms with Gasteiger partial charge in [-0.3, -0.25) is 14.4 Å². The van der Waals surface area contributed by atoms with Crippen molar-refractivity contribution in [3.8, 4) is 0 Å². The minimum atomic E-state index is -0.762. The molecule has 0 aliphatic carbocycles. The summed E-state index contributed by atoms with van der Waals surface area (Å²) in [6, 6.07) is 0. The van der Waals surface area contributed by atoms with Crippen molar-refractivity contribution in [3.05, 3.63) is 0 Å². The van der Waals surface area contributed by atoms with Crippen LogP contribution in [0.4, 0.5) is 0 Å². The average molecular weight is 793 g/mol. The molecular weight excluding hydrogens is 697 g/mol. The van der Waals surface area contributed by atoms with Gasteiger partial charge < -0.3 is 14.2 Å². The third-order valence-electron chi connectivity index (χ3n) is 11.9. The molecule has 0 aromatic carbocycles. The van der Waals surface area contributed by atoms with Crippen LogP contribution in [0.3, 0.4) is 0 Å². The van der Waals surface area contributed by atoms with E-state index in [1.165, 1.54) is 161 Å². The quantitative estimate of drug-likeness (QED) is 0.0347. The van der Waals surface area contributed by atoms with Gasteiger partial charge in [0, 0.05) is 19.3 Å². The van der Waals surface area contributed by atoms with Gasteiger partial charge in [-0.2, -0.15) is 0 Å². The zero-order valence-corrected chi connectivity index (χ0v) is 38.3.